The van der Waals surface area contributed by atoms with Crippen molar-refractivity contribution < 1.29 is 27.8 Å². The predicted octanol–water partition coefficient (Wildman–Crippen LogP) is 4.28. The van der Waals surface area contributed by atoms with Crippen molar-refractivity contribution in [3.05, 3.63) is 33.8 Å². The molecule has 7 heteroatoms. The summed E-state index contributed by atoms with van der Waals surface area (Å²) in [6, 6.07) is 2.19. The van der Waals surface area contributed by atoms with Gasteiger partial charge in [0.15, 0.2) is 0 Å². The Hall–Kier alpha value is -1.50. The van der Waals surface area contributed by atoms with Crippen LogP contribution in [0.1, 0.15) is 44.6 Å². The van der Waals surface area contributed by atoms with Crippen molar-refractivity contribution in [2.75, 3.05) is 6.61 Å². The standard InChI is InChI=1S/C16H19BrF2O4/c1-2-3-7-22-15(20)5-4-6-16(21)23-10-12-13(18)8-11(17)9-14(12)19/h8-9H,2-7,10H2,1H3. The molecule has 0 aliphatic rings. The van der Waals surface area contributed by atoms with Crippen LogP contribution in [-0.2, 0) is 25.7 Å². The van der Waals surface area contributed by atoms with Gasteiger partial charge < -0.3 is 9.47 Å². The summed E-state index contributed by atoms with van der Waals surface area (Å²) >= 11 is 2.97. The van der Waals surface area contributed by atoms with E-state index in [2.05, 4.69) is 15.9 Å². The van der Waals surface area contributed by atoms with E-state index in [0.717, 1.165) is 25.0 Å². The lowest BCUT2D eigenvalue weighted by Gasteiger charge is -2.08. The van der Waals surface area contributed by atoms with Crippen molar-refractivity contribution in [3.63, 3.8) is 0 Å². The molecule has 0 heterocycles. The van der Waals surface area contributed by atoms with Gasteiger partial charge in [0.05, 0.1) is 12.2 Å². The molecule has 0 fully saturated rings. The molecule has 0 unspecified atom stereocenters. The van der Waals surface area contributed by atoms with Gasteiger partial charge in [0, 0.05) is 17.3 Å². The highest BCUT2D eigenvalue weighted by atomic mass is 79.9. The molecule has 1 aromatic rings. The molecule has 0 spiro atoms. The second-order valence-corrected chi connectivity index (χ2v) is 5.85. The van der Waals surface area contributed by atoms with E-state index < -0.39 is 24.2 Å². The molecule has 4 nitrogen and oxygen atoms in total. The van der Waals surface area contributed by atoms with E-state index in [9.17, 15) is 18.4 Å². The van der Waals surface area contributed by atoms with E-state index >= 15 is 0 Å². The molecule has 23 heavy (non-hydrogen) atoms. The Labute approximate surface area is 142 Å². The summed E-state index contributed by atoms with van der Waals surface area (Å²) in [5.41, 5.74) is -0.305. The van der Waals surface area contributed by atoms with Crippen molar-refractivity contribution in [2.45, 2.75) is 45.6 Å². The summed E-state index contributed by atoms with van der Waals surface area (Å²) in [5.74, 6) is -2.56. The molecule has 0 saturated heterocycles. The highest BCUT2D eigenvalue weighted by molar-refractivity contribution is 9.10. The normalized spacial score (nSPS) is 10.4. The Balaban J connectivity index is 2.29. The van der Waals surface area contributed by atoms with Gasteiger partial charge in [0.2, 0.25) is 0 Å². The average molecular weight is 393 g/mol. The largest absolute Gasteiger partial charge is 0.466 e. The SMILES string of the molecule is CCCCOC(=O)CCCC(=O)OCc1c(F)cc(Br)cc1F. The van der Waals surface area contributed by atoms with E-state index in [1.807, 2.05) is 6.92 Å². The topological polar surface area (TPSA) is 52.6 Å². The number of ether oxygens (including phenoxy) is 2. The molecular weight excluding hydrogens is 374 g/mol. The minimum Gasteiger partial charge on any atom is -0.466 e. The van der Waals surface area contributed by atoms with Crippen LogP contribution in [0.15, 0.2) is 16.6 Å². The first-order valence-corrected chi connectivity index (χ1v) is 8.18. The van der Waals surface area contributed by atoms with Gasteiger partial charge in [-0.25, -0.2) is 8.78 Å². The lowest BCUT2D eigenvalue weighted by atomic mass is 10.2. The summed E-state index contributed by atoms with van der Waals surface area (Å²) < 4.78 is 37.1. The first-order chi connectivity index (χ1) is 10.9. The Morgan fingerprint density at radius 1 is 1.04 bits per heavy atom. The third kappa shape index (κ3) is 7.54. The van der Waals surface area contributed by atoms with E-state index in [0.29, 0.717) is 6.61 Å². The number of benzene rings is 1. The maximum Gasteiger partial charge on any atom is 0.306 e. The van der Waals surface area contributed by atoms with Crippen molar-refractivity contribution in [3.8, 4) is 0 Å². The number of rotatable bonds is 9. The maximum atomic E-state index is 13.5. The highest BCUT2D eigenvalue weighted by Crippen LogP contribution is 2.20. The second kappa shape index (κ2) is 10.3. The van der Waals surface area contributed by atoms with Crippen LogP contribution in [0.4, 0.5) is 8.78 Å². The van der Waals surface area contributed by atoms with Crippen LogP contribution in [0.25, 0.3) is 0 Å². The summed E-state index contributed by atoms with van der Waals surface area (Å²) in [4.78, 5) is 22.8. The fraction of sp³-hybridized carbons (Fsp3) is 0.500. The zero-order valence-corrected chi connectivity index (χ0v) is 14.5. The minimum atomic E-state index is -0.788. The number of esters is 2. The number of carbonyl (C=O) groups is 2. The minimum absolute atomic E-state index is 0.0113. The van der Waals surface area contributed by atoms with Gasteiger partial charge in [0.25, 0.3) is 0 Å². The third-order valence-corrected chi connectivity index (χ3v) is 3.46. The van der Waals surface area contributed by atoms with E-state index in [1.54, 1.807) is 0 Å². The van der Waals surface area contributed by atoms with Crippen LogP contribution in [0.3, 0.4) is 0 Å². The number of halogens is 3. The van der Waals surface area contributed by atoms with Gasteiger partial charge in [-0.15, -0.1) is 0 Å². The molecule has 0 atom stereocenters. The fourth-order valence-electron chi connectivity index (χ4n) is 1.71. The van der Waals surface area contributed by atoms with E-state index in [1.165, 1.54) is 0 Å². The molecule has 0 radical (unpaired) electrons. The van der Waals surface area contributed by atoms with Crippen LogP contribution < -0.4 is 0 Å². The molecule has 0 bridgehead atoms. The van der Waals surface area contributed by atoms with Crippen LogP contribution in [0.5, 0.6) is 0 Å². The Bertz CT molecular complexity index is 526. The van der Waals surface area contributed by atoms with Gasteiger partial charge in [-0.2, -0.15) is 0 Å². The molecule has 1 rings (SSSR count). The first-order valence-electron chi connectivity index (χ1n) is 7.38. The smallest absolute Gasteiger partial charge is 0.306 e. The lowest BCUT2D eigenvalue weighted by molar-refractivity contribution is -0.146. The first kappa shape index (κ1) is 19.5. The number of hydrogen-bond acceptors (Lipinski definition) is 4. The molecule has 1 aromatic carbocycles. The maximum absolute atomic E-state index is 13.5. The van der Waals surface area contributed by atoms with Gasteiger partial charge in [-0.05, 0) is 25.0 Å². The van der Waals surface area contributed by atoms with Gasteiger partial charge in [-0.1, -0.05) is 29.3 Å². The number of hydrogen-bond donors (Lipinski definition) is 0. The van der Waals surface area contributed by atoms with Crippen molar-refractivity contribution in [2.24, 2.45) is 0 Å². The van der Waals surface area contributed by atoms with Crippen molar-refractivity contribution >= 4 is 27.9 Å². The van der Waals surface area contributed by atoms with Crippen molar-refractivity contribution in [1.82, 2.24) is 0 Å². The fourth-order valence-corrected chi connectivity index (χ4v) is 2.12. The molecule has 0 aliphatic heterocycles. The Kier molecular flexibility index (Phi) is 8.76. The Morgan fingerprint density at radius 2 is 1.61 bits per heavy atom. The number of unbranched alkanes of at least 4 members (excludes halogenated alkanes) is 1. The van der Waals surface area contributed by atoms with Crippen LogP contribution >= 0.6 is 15.9 Å². The molecule has 0 saturated carbocycles. The Morgan fingerprint density at radius 3 is 2.17 bits per heavy atom. The predicted molar refractivity (Wildman–Crippen MR) is 83.6 cm³/mol. The van der Waals surface area contributed by atoms with Gasteiger partial charge in [0.1, 0.15) is 18.2 Å². The summed E-state index contributed by atoms with van der Waals surface area (Å²) in [7, 11) is 0. The van der Waals surface area contributed by atoms with Crippen LogP contribution in [0, 0.1) is 11.6 Å². The molecule has 128 valence electrons. The number of carbonyl (C=O) groups excluding carboxylic acids is 2. The lowest BCUT2D eigenvalue weighted by Crippen LogP contribution is -2.09. The molecule has 0 N–H and O–H groups in total. The summed E-state index contributed by atoms with van der Waals surface area (Å²) in [6.07, 6.45) is 2.11. The van der Waals surface area contributed by atoms with Gasteiger partial charge in [-0.3, -0.25) is 9.59 Å². The van der Waals surface area contributed by atoms with Crippen LogP contribution in [-0.4, -0.2) is 18.5 Å². The molecular formula is C16H19BrF2O4. The van der Waals surface area contributed by atoms with Gasteiger partial charge >= 0.3 is 11.9 Å². The second-order valence-electron chi connectivity index (χ2n) is 4.94. The molecule has 0 amide bonds. The molecule has 0 aromatic heterocycles. The van der Waals surface area contributed by atoms with Crippen molar-refractivity contribution in [1.29, 1.82) is 0 Å². The monoisotopic (exact) mass is 392 g/mol. The summed E-state index contributed by atoms with van der Waals surface area (Å²) in [6.45, 7) is 1.88. The third-order valence-electron chi connectivity index (χ3n) is 3.01. The average Bonchev–Trinajstić information content (AvgIpc) is 2.46. The zero-order chi connectivity index (χ0) is 17.2. The van der Waals surface area contributed by atoms with Crippen LogP contribution in [0.2, 0.25) is 0 Å². The molecule has 0 aliphatic carbocycles. The zero-order valence-electron chi connectivity index (χ0n) is 12.9. The summed E-state index contributed by atoms with van der Waals surface area (Å²) in [5, 5.41) is 0. The van der Waals surface area contributed by atoms with E-state index in [-0.39, 0.29) is 35.3 Å². The highest BCUT2D eigenvalue weighted by Gasteiger charge is 2.13. The van der Waals surface area contributed by atoms with E-state index in [4.69, 9.17) is 9.47 Å². The quantitative estimate of drug-likeness (QED) is 0.464.